The first kappa shape index (κ1) is 20.6. The molecule has 2 aromatic carbocycles. The second-order valence-electron chi connectivity index (χ2n) is 6.45. The number of ketones is 1. The molecular weight excluding hydrogens is 386 g/mol. The van der Waals surface area contributed by atoms with E-state index >= 15 is 0 Å². The molecule has 0 aliphatic rings. The van der Waals surface area contributed by atoms with Gasteiger partial charge in [-0.15, -0.1) is 11.8 Å². The third-order valence-corrected chi connectivity index (χ3v) is 5.20. The summed E-state index contributed by atoms with van der Waals surface area (Å²) in [6.07, 6.45) is 4.12. The van der Waals surface area contributed by atoms with E-state index in [2.05, 4.69) is 4.98 Å². The van der Waals surface area contributed by atoms with Gasteiger partial charge in [-0.1, -0.05) is 42.5 Å². The van der Waals surface area contributed by atoms with E-state index < -0.39 is 5.97 Å². The summed E-state index contributed by atoms with van der Waals surface area (Å²) in [5, 5.41) is 9.10. The van der Waals surface area contributed by atoms with Crippen molar-refractivity contribution in [2.45, 2.75) is 19.8 Å². The van der Waals surface area contributed by atoms with Gasteiger partial charge >= 0.3 is 5.97 Å². The van der Waals surface area contributed by atoms with Crippen molar-refractivity contribution in [3.05, 3.63) is 82.1 Å². The van der Waals surface area contributed by atoms with Crippen LogP contribution in [0.3, 0.4) is 0 Å². The van der Waals surface area contributed by atoms with Crippen molar-refractivity contribution in [3.63, 3.8) is 0 Å². The van der Waals surface area contributed by atoms with E-state index in [9.17, 15) is 9.59 Å². The average Bonchev–Trinajstić information content (AvgIpc) is 3.11. The Morgan fingerprint density at radius 1 is 1.10 bits per heavy atom. The molecule has 0 unspecified atom stereocenters. The van der Waals surface area contributed by atoms with Gasteiger partial charge in [0.25, 0.3) is 0 Å². The molecular formula is C23H21NO4S. The Morgan fingerprint density at radius 2 is 1.79 bits per heavy atom. The van der Waals surface area contributed by atoms with Crippen LogP contribution in [0.5, 0.6) is 0 Å². The fourth-order valence-electron chi connectivity index (χ4n) is 2.87. The minimum Gasteiger partial charge on any atom is -0.477 e. The maximum absolute atomic E-state index is 12.5. The first-order valence-corrected chi connectivity index (χ1v) is 10.3. The number of rotatable bonds is 8. The SMILES string of the molecule is CSC(=Cc1ccc(C(=O)CCc2nc(-c3ccccc3)oc2C)cc1)C(=O)O. The number of hydrogen-bond donors (Lipinski definition) is 1. The maximum atomic E-state index is 12.5. The normalized spacial score (nSPS) is 11.4. The Bertz CT molecular complexity index is 1040. The van der Waals surface area contributed by atoms with Gasteiger partial charge in [0.05, 0.1) is 10.6 Å². The van der Waals surface area contributed by atoms with Gasteiger partial charge in [-0.3, -0.25) is 4.79 Å². The molecule has 3 aromatic rings. The van der Waals surface area contributed by atoms with Crippen LogP contribution in [0.1, 0.15) is 33.8 Å². The lowest BCUT2D eigenvalue weighted by atomic mass is 10.0. The fourth-order valence-corrected chi connectivity index (χ4v) is 3.29. The quantitative estimate of drug-likeness (QED) is 0.405. The minimum absolute atomic E-state index is 0.00696. The highest BCUT2D eigenvalue weighted by Gasteiger charge is 2.14. The maximum Gasteiger partial charge on any atom is 0.342 e. The van der Waals surface area contributed by atoms with Gasteiger partial charge in [0.2, 0.25) is 5.89 Å². The molecule has 1 heterocycles. The Kier molecular flexibility index (Phi) is 6.67. The number of carboxylic acids is 1. The van der Waals surface area contributed by atoms with Crippen molar-refractivity contribution >= 4 is 29.6 Å². The zero-order valence-corrected chi connectivity index (χ0v) is 17.0. The van der Waals surface area contributed by atoms with Crippen molar-refractivity contribution in [2.24, 2.45) is 0 Å². The highest BCUT2D eigenvalue weighted by atomic mass is 32.2. The van der Waals surface area contributed by atoms with Gasteiger partial charge in [-0.25, -0.2) is 9.78 Å². The highest BCUT2D eigenvalue weighted by Crippen LogP contribution is 2.23. The van der Waals surface area contributed by atoms with Gasteiger partial charge in [0, 0.05) is 24.0 Å². The molecule has 3 rings (SSSR count). The summed E-state index contributed by atoms with van der Waals surface area (Å²) in [7, 11) is 0. The number of thioether (sulfide) groups is 1. The van der Waals surface area contributed by atoms with Crippen LogP contribution in [-0.4, -0.2) is 28.1 Å². The molecule has 0 amide bonds. The summed E-state index contributed by atoms with van der Waals surface area (Å²) in [5.41, 5.74) is 3.02. The van der Waals surface area contributed by atoms with E-state index in [0.717, 1.165) is 22.6 Å². The summed E-state index contributed by atoms with van der Waals surface area (Å²) in [6, 6.07) is 16.6. The molecule has 0 aliphatic carbocycles. The van der Waals surface area contributed by atoms with Gasteiger partial charge in [-0.2, -0.15) is 0 Å². The van der Waals surface area contributed by atoms with E-state index in [4.69, 9.17) is 9.52 Å². The smallest absolute Gasteiger partial charge is 0.342 e. The lowest BCUT2D eigenvalue weighted by Gasteiger charge is -2.02. The molecule has 1 N–H and O–H groups in total. The predicted octanol–water partition coefficient (Wildman–Crippen LogP) is 5.25. The molecule has 0 saturated carbocycles. The summed E-state index contributed by atoms with van der Waals surface area (Å²) < 4.78 is 5.74. The van der Waals surface area contributed by atoms with E-state index in [1.807, 2.05) is 37.3 Å². The molecule has 6 heteroatoms. The Morgan fingerprint density at radius 3 is 2.41 bits per heavy atom. The Hall–Kier alpha value is -3.12. The molecule has 1 aromatic heterocycles. The number of carboxylic acid groups (broad SMARTS) is 1. The summed E-state index contributed by atoms with van der Waals surface area (Å²) in [5.74, 6) is 0.322. The molecule has 0 atom stereocenters. The number of benzene rings is 2. The van der Waals surface area contributed by atoms with Gasteiger partial charge in [-0.05, 0) is 37.0 Å². The monoisotopic (exact) mass is 407 g/mol. The van der Waals surface area contributed by atoms with Crippen LogP contribution in [0.4, 0.5) is 0 Å². The fraction of sp³-hybridized carbons (Fsp3) is 0.174. The molecule has 148 valence electrons. The molecule has 29 heavy (non-hydrogen) atoms. The predicted molar refractivity (Wildman–Crippen MR) is 115 cm³/mol. The van der Waals surface area contributed by atoms with Gasteiger partial charge in [0.1, 0.15) is 5.76 Å². The van der Waals surface area contributed by atoms with Crippen molar-refractivity contribution < 1.29 is 19.1 Å². The third-order valence-electron chi connectivity index (χ3n) is 4.46. The van der Waals surface area contributed by atoms with E-state index in [1.54, 1.807) is 36.6 Å². The second-order valence-corrected chi connectivity index (χ2v) is 7.30. The number of aliphatic carboxylic acids is 1. The number of hydrogen-bond acceptors (Lipinski definition) is 5. The molecule has 0 fully saturated rings. The van der Waals surface area contributed by atoms with Crippen molar-refractivity contribution in [2.75, 3.05) is 6.26 Å². The molecule has 5 nitrogen and oxygen atoms in total. The summed E-state index contributed by atoms with van der Waals surface area (Å²) >= 11 is 1.17. The lowest BCUT2D eigenvalue weighted by molar-refractivity contribution is -0.131. The van der Waals surface area contributed by atoms with Crippen LogP contribution < -0.4 is 0 Å². The minimum atomic E-state index is -0.962. The van der Waals surface area contributed by atoms with Crippen LogP contribution in [0.2, 0.25) is 0 Å². The summed E-state index contributed by atoms with van der Waals surface area (Å²) in [6.45, 7) is 1.85. The molecule has 0 radical (unpaired) electrons. The Labute approximate surface area is 173 Å². The van der Waals surface area contributed by atoms with E-state index in [1.165, 1.54) is 11.8 Å². The number of aromatic nitrogens is 1. The molecule has 0 saturated heterocycles. The van der Waals surface area contributed by atoms with E-state index in [-0.39, 0.29) is 10.7 Å². The zero-order valence-electron chi connectivity index (χ0n) is 16.2. The number of carbonyl (C=O) groups is 2. The Balaban J connectivity index is 1.65. The van der Waals surface area contributed by atoms with Crippen LogP contribution >= 0.6 is 11.8 Å². The number of aryl methyl sites for hydroxylation is 2. The zero-order chi connectivity index (χ0) is 20.8. The van der Waals surface area contributed by atoms with Crippen LogP contribution in [0, 0.1) is 6.92 Å². The lowest BCUT2D eigenvalue weighted by Crippen LogP contribution is -2.02. The number of nitrogens with zero attached hydrogens (tertiary/aromatic N) is 1. The number of oxazole rings is 1. The second kappa shape index (κ2) is 9.39. The van der Waals surface area contributed by atoms with Crippen molar-refractivity contribution in [1.82, 2.24) is 4.98 Å². The van der Waals surface area contributed by atoms with Gasteiger partial charge in [0.15, 0.2) is 5.78 Å². The number of carbonyl (C=O) groups excluding carboxylic acids is 1. The van der Waals surface area contributed by atoms with E-state index in [0.29, 0.717) is 24.3 Å². The first-order valence-electron chi connectivity index (χ1n) is 9.12. The van der Waals surface area contributed by atoms with Crippen LogP contribution in [-0.2, 0) is 11.2 Å². The third kappa shape index (κ3) is 5.23. The topological polar surface area (TPSA) is 80.4 Å². The van der Waals surface area contributed by atoms with Crippen molar-refractivity contribution in [1.29, 1.82) is 0 Å². The van der Waals surface area contributed by atoms with Crippen LogP contribution in [0.15, 0.2) is 63.9 Å². The molecule has 0 spiro atoms. The largest absolute Gasteiger partial charge is 0.477 e. The van der Waals surface area contributed by atoms with Gasteiger partial charge < -0.3 is 9.52 Å². The molecule has 0 bridgehead atoms. The highest BCUT2D eigenvalue weighted by molar-refractivity contribution is 8.03. The summed E-state index contributed by atoms with van der Waals surface area (Å²) in [4.78, 5) is 28.4. The first-order chi connectivity index (χ1) is 14.0. The number of Topliss-reactive ketones (excluding diaryl/α,β-unsaturated/α-hetero) is 1. The van der Waals surface area contributed by atoms with Crippen molar-refractivity contribution in [3.8, 4) is 11.5 Å². The van der Waals surface area contributed by atoms with Crippen LogP contribution in [0.25, 0.3) is 17.5 Å². The molecule has 0 aliphatic heterocycles. The average molecular weight is 407 g/mol. The standard InChI is InChI=1S/C23H21NO4S/c1-15-19(24-22(28-15)18-6-4-3-5-7-18)12-13-20(25)17-10-8-16(9-11-17)14-21(29-2)23(26)27/h3-11,14H,12-13H2,1-2H3,(H,26,27).